The second-order valence-electron chi connectivity index (χ2n) is 3.40. The van der Waals surface area contributed by atoms with E-state index in [9.17, 15) is 9.59 Å². The highest BCUT2D eigenvalue weighted by atomic mass is 16.4. The molecule has 0 aromatic heterocycles. The van der Waals surface area contributed by atoms with Gasteiger partial charge in [0.25, 0.3) is 0 Å². The Morgan fingerprint density at radius 2 is 2.07 bits per heavy atom. The lowest BCUT2D eigenvalue weighted by atomic mass is 10.1. The molecule has 0 fully saturated rings. The maximum absolute atomic E-state index is 11.3. The molecular formula is C9H18N2O3. The number of nitrogens with one attached hydrogen (secondary N) is 1. The zero-order chi connectivity index (χ0) is 11.1. The van der Waals surface area contributed by atoms with Crippen molar-refractivity contribution in [1.29, 1.82) is 0 Å². The SMILES string of the molecule is CCC[C@H](C)NC(=O)[C@H](N)CC(=O)O. The van der Waals surface area contributed by atoms with Crippen molar-refractivity contribution in [3.63, 3.8) is 0 Å². The normalized spacial score (nSPS) is 14.5. The average Bonchev–Trinajstić information content (AvgIpc) is 2.02. The van der Waals surface area contributed by atoms with E-state index in [1.807, 2.05) is 13.8 Å². The van der Waals surface area contributed by atoms with Gasteiger partial charge in [0.1, 0.15) is 0 Å². The van der Waals surface area contributed by atoms with Crippen LogP contribution in [-0.4, -0.2) is 29.1 Å². The molecule has 1 amide bonds. The van der Waals surface area contributed by atoms with Crippen molar-refractivity contribution in [3.05, 3.63) is 0 Å². The van der Waals surface area contributed by atoms with E-state index in [2.05, 4.69) is 5.32 Å². The maximum Gasteiger partial charge on any atom is 0.305 e. The predicted molar refractivity (Wildman–Crippen MR) is 52.7 cm³/mol. The summed E-state index contributed by atoms with van der Waals surface area (Å²) in [5.74, 6) is -1.45. The lowest BCUT2D eigenvalue weighted by Crippen LogP contribution is -2.45. The molecule has 5 heteroatoms. The predicted octanol–water partition coefficient (Wildman–Crippen LogP) is 0.0932. The Morgan fingerprint density at radius 1 is 1.50 bits per heavy atom. The van der Waals surface area contributed by atoms with Gasteiger partial charge in [0, 0.05) is 6.04 Å². The summed E-state index contributed by atoms with van der Waals surface area (Å²) >= 11 is 0. The van der Waals surface area contributed by atoms with Crippen LogP contribution in [-0.2, 0) is 9.59 Å². The third kappa shape index (κ3) is 5.53. The van der Waals surface area contributed by atoms with Crippen LogP contribution in [0.15, 0.2) is 0 Å². The fourth-order valence-electron chi connectivity index (χ4n) is 1.14. The topological polar surface area (TPSA) is 92.4 Å². The lowest BCUT2D eigenvalue weighted by molar-refractivity contribution is -0.139. The summed E-state index contributed by atoms with van der Waals surface area (Å²) in [6.07, 6.45) is 1.51. The molecule has 0 rings (SSSR count). The van der Waals surface area contributed by atoms with Crippen molar-refractivity contribution >= 4 is 11.9 Å². The Hall–Kier alpha value is -1.10. The molecule has 5 nitrogen and oxygen atoms in total. The molecule has 0 bridgehead atoms. The van der Waals surface area contributed by atoms with Gasteiger partial charge in [0.15, 0.2) is 0 Å². The number of nitrogens with two attached hydrogens (primary N) is 1. The number of carbonyl (C=O) groups is 2. The van der Waals surface area contributed by atoms with Crippen molar-refractivity contribution in [2.24, 2.45) is 5.73 Å². The fourth-order valence-corrected chi connectivity index (χ4v) is 1.14. The summed E-state index contributed by atoms with van der Waals surface area (Å²) in [5, 5.41) is 11.1. The van der Waals surface area contributed by atoms with Crippen molar-refractivity contribution in [2.75, 3.05) is 0 Å². The van der Waals surface area contributed by atoms with Gasteiger partial charge in [-0.1, -0.05) is 13.3 Å². The molecule has 0 saturated heterocycles. The smallest absolute Gasteiger partial charge is 0.305 e. The first-order valence-corrected chi connectivity index (χ1v) is 4.75. The van der Waals surface area contributed by atoms with Gasteiger partial charge in [-0.15, -0.1) is 0 Å². The molecule has 0 aliphatic carbocycles. The van der Waals surface area contributed by atoms with E-state index in [1.165, 1.54) is 0 Å². The molecule has 0 aliphatic rings. The van der Waals surface area contributed by atoms with Gasteiger partial charge in [-0.05, 0) is 13.3 Å². The van der Waals surface area contributed by atoms with Crippen LogP contribution in [0.4, 0.5) is 0 Å². The standard InChI is InChI=1S/C9H18N2O3/c1-3-4-6(2)11-9(14)7(10)5-8(12)13/h6-7H,3-5,10H2,1-2H3,(H,11,14)(H,12,13)/t6-,7+/m0/s1. The minimum absolute atomic E-state index is 0.0485. The molecule has 0 heterocycles. The first-order chi connectivity index (χ1) is 6.47. The average molecular weight is 202 g/mol. The minimum Gasteiger partial charge on any atom is -0.481 e. The number of amides is 1. The van der Waals surface area contributed by atoms with Crippen molar-refractivity contribution in [2.45, 2.75) is 45.2 Å². The first-order valence-electron chi connectivity index (χ1n) is 4.75. The molecule has 0 aromatic carbocycles. The molecule has 0 unspecified atom stereocenters. The monoisotopic (exact) mass is 202 g/mol. The highest BCUT2D eigenvalue weighted by molar-refractivity contribution is 5.86. The molecule has 2 atom stereocenters. The maximum atomic E-state index is 11.3. The molecule has 14 heavy (non-hydrogen) atoms. The van der Waals surface area contributed by atoms with Gasteiger partial charge in [-0.3, -0.25) is 9.59 Å². The summed E-state index contributed by atoms with van der Waals surface area (Å²) in [4.78, 5) is 21.5. The van der Waals surface area contributed by atoms with E-state index in [0.717, 1.165) is 12.8 Å². The third-order valence-corrected chi connectivity index (χ3v) is 1.84. The third-order valence-electron chi connectivity index (χ3n) is 1.84. The number of aliphatic carboxylic acids is 1. The van der Waals surface area contributed by atoms with Gasteiger partial charge in [0.2, 0.25) is 5.91 Å². The quantitative estimate of drug-likeness (QED) is 0.569. The van der Waals surface area contributed by atoms with Crippen LogP contribution < -0.4 is 11.1 Å². The number of rotatable bonds is 6. The van der Waals surface area contributed by atoms with E-state index >= 15 is 0 Å². The van der Waals surface area contributed by atoms with E-state index in [0.29, 0.717) is 0 Å². The number of hydrogen-bond donors (Lipinski definition) is 3. The highest BCUT2D eigenvalue weighted by Gasteiger charge is 2.17. The largest absolute Gasteiger partial charge is 0.481 e. The molecule has 82 valence electrons. The Kier molecular flexibility index (Phi) is 5.87. The van der Waals surface area contributed by atoms with E-state index in [1.54, 1.807) is 0 Å². The fraction of sp³-hybridized carbons (Fsp3) is 0.778. The summed E-state index contributed by atoms with van der Waals surface area (Å²) in [6.45, 7) is 3.88. The number of carboxylic acids is 1. The number of carbonyl (C=O) groups excluding carboxylic acids is 1. The first kappa shape index (κ1) is 12.9. The van der Waals surface area contributed by atoms with Crippen LogP contribution in [0.2, 0.25) is 0 Å². The second-order valence-corrected chi connectivity index (χ2v) is 3.40. The van der Waals surface area contributed by atoms with Crippen LogP contribution in [0.5, 0.6) is 0 Å². The number of carboxylic acid groups (broad SMARTS) is 1. The Bertz CT molecular complexity index is 206. The van der Waals surface area contributed by atoms with E-state index in [-0.39, 0.29) is 12.5 Å². The summed E-state index contributed by atoms with van der Waals surface area (Å²) in [6, 6.07) is -0.904. The van der Waals surface area contributed by atoms with Gasteiger partial charge >= 0.3 is 5.97 Å². The molecule has 0 saturated carbocycles. The molecule has 0 spiro atoms. The molecule has 0 radical (unpaired) electrons. The molecular weight excluding hydrogens is 184 g/mol. The number of hydrogen-bond acceptors (Lipinski definition) is 3. The zero-order valence-corrected chi connectivity index (χ0v) is 8.62. The lowest BCUT2D eigenvalue weighted by Gasteiger charge is -2.15. The van der Waals surface area contributed by atoms with E-state index in [4.69, 9.17) is 10.8 Å². The van der Waals surface area contributed by atoms with Crippen molar-refractivity contribution in [1.82, 2.24) is 5.32 Å². The summed E-state index contributed by atoms with van der Waals surface area (Å²) in [7, 11) is 0. The highest BCUT2D eigenvalue weighted by Crippen LogP contribution is 1.96. The van der Waals surface area contributed by atoms with E-state index < -0.39 is 17.9 Å². The minimum atomic E-state index is -1.06. The molecule has 0 aliphatic heterocycles. The molecule has 0 aromatic rings. The Labute approximate surface area is 83.7 Å². The van der Waals surface area contributed by atoms with Crippen LogP contribution in [0.25, 0.3) is 0 Å². The zero-order valence-electron chi connectivity index (χ0n) is 8.62. The van der Waals surface area contributed by atoms with Gasteiger partial charge in [-0.25, -0.2) is 0 Å². The van der Waals surface area contributed by atoms with Crippen LogP contribution >= 0.6 is 0 Å². The van der Waals surface area contributed by atoms with Gasteiger partial charge in [-0.2, -0.15) is 0 Å². The van der Waals surface area contributed by atoms with Crippen molar-refractivity contribution in [3.8, 4) is 0 Å². The second kappa shape index (κ2) is 6.37. The Balaban J connectivity index is 3.88. The summed E-state index contributed by atoms with van der Waals surface area (Å²) in [5.41, 5.74) is 5.37. The van der Waals surface area contributed by atoms with Crippen LogP contribution in [0, 0.1) is 0 Å². The van der Waals surface area contributed by atoms with Gasteiger partial charge in [0.05, 0.1) is 12.5 Å². The Morgan fingerprint density at radius 3 is 2.50 bits per heavy atom. The summed E-state index contributed by atoms with van der Waals surface area (Å²) < 4.78 is 0. The van der Waals surface area contributed by atoms with Crippen molar-refractivity contribution < 1.29 is 14.7 Å². The van der Waals surface area contributed by atoms with Crippen LogP contribution in [0.1, 0.15) is 33.1 Å². The van der Waals surface area contributed by atoms with Crippen LogP contribution in [0.3, 0.4) is 0 Å². The van der Waals surface area contributed by atoms with Gasteiger partial charge < -0.3 is 16.2 Å². The molecule has 4 N–H and O–H groups in total.